The van der Waals surface area contributed by atoms with Crippen LogP contribution in [0.1, 0.15) is 46.8 Å². The average Bonchev–Trinajstić information content (AvgIpc) is 3.29. The molecule has 4 rings (SSSR count). The molecule has 1 aliphatic rings. The van der Waals surface area contributed by atoms with Crippen LogP contribution in [0.3, 0.4) is 0 Å². The molecule has 8 heteroatoms. The summed E-state index contributed by atoms with van der Waals surface area (Å²) in [6, 6.07) is 3.64. The monoisotopic (exact) mass is 373 g/mol. The van der Waals surface area contributed by atoms with Crippen LogP contribution in [0.4, 0.5) is 0 Å². The van der Waals surface area contributed by atoms with Gasteiger partial charge in [0.1, 0.15) is 10.8 Å². The molecule has 3 aromatic heterocycles. The molecule has 0 aliphatic carbocycles. The summed E-state index contributed by atoms with van der Waals surface area (Å²) >= 11 is 1.53. The number of nitrogens with zero attached hydrogens (tertiary/aromatic N) is 4. The number of imidazole rings is 1. The SMILES string of the molecule is Cc1nn2cc(CNC(=O)c3ccc(CN4CCC(C)CC4)o3)nc2s1. The van der Waals surface area contributed by atoms with Gasteiger partial charge in [0.25, 0.3) is 5.91 Å². The van der Waals surface area contributed by atoms with Crippen molar-refractivity contribution in [3.8, 4) is 0 Å². The molecule has 0 radical (unpaired) electrons. The lowest BCUT2D eigenvalue weighted by Crippen LogP contribution is -2.32. The van der Waals surface area contributed by atoms with Gasteiger partial charge in [-0.25, -0.2) is 9.50 Å². The van der Waals surface area contributed by atoms with Crippen molar-refractivity contribution in [1.29, 1.82) is 0 Å². The van der Waals surface area contributed by atoms with Crippen LogP contribution in [0.5, 0.6) is 0 Å². The summed E-state index contributed by atoms with van der Waals surface area (Å²) in [6.07, 6.45) is 4.29. The van der Waals surface area contributed by atoms with Gasteiger partial charge in [-0.15, -0.1) is 0 Å². The maximum Gasteiger partial charge on any atom is 0.287 e. The normalized spacial score (nSPS) is 16.4. The molecule has 1 aliphatic heterocycles. The number of aromatic nitrogens is 3. The molecule has 0 spiro atoms. The number of carbonyl (C=O) groups is 1. The van der Waals surface area contributed by atoms with E-state index < -0.39 is 0 Å². The lowest BCUT2D eigenvalue weighted by atomic mass is 9.99. The van der Waals surface area contributed by atoms with Crippen LogP contribution < -0.4 is 5.32 Å². The fourth-order valence-corrected chi connectivity index (χ4v) is 3.96. The van der Waals surface area contributed by atoms with E-state index in [0.717, 1.165) is 47.0 Å². The Morgan fingerprint density at radius 3 is 2.96 bits per heavy atom. The van der Waals surface area contributed by atoms with Gasteiger partial charge in [-0.1, -0.05) is 18.3 Å². The Bertz CT molecular complexity index is 872. The Kier molecular flexibility index (Phi) is 4.78. The Morgan fingerprint density at radius 2 is 2.19 bits per heavy atom. The van der Waals surface area contributed by atoms with Gasteiger partial charge < -0.3 is 9.73 Å². The summed E-state index contributed by atoms with van der Waals surface area (Å²) < 4.78 is 7.48. The molecular weight excluding hydrogens is 350 g/mol. The van der Waals surface area contributed by atoms with E-state index >= 15 is 0 Å². The third-order valence-electron chi connectivity index (χ3n) is 4.77. The van der Waals surface area contributed by atoms with Crippen LogP contribution in [0, 0.1) is 12.8 Å². The second-order valence-electron chi connectivity index (χ2n) is 6.99. The quantitative estimate of drug-likeness (QED) is 0.744. The number of likely N-dealkylation sites (tertiary alicyclic amines) is 1. The topological polar surface area (TPSA) is 75.7 Å². The number of aryl methyl sites for hydroxylation is 1. The van der Waals surface area contributed by atoms with Crippen LogP contribution in [-0.2, 0) is 13.1 Å². The van der Waals surface area contributed by atoms with Crippen molar-refractivity contribution in [2.24, 2.45) is 5.92 Å². The van der Waals surface area contributed by atoms with Crippen molar-refractivity contribution in [1.82, 2.24) is 24.8 Å². The first kappa shape index (κ1) is 17.2. The van der Waals surface area contributed by atoms with Gasteiger partial charge >= 0.3 is 0 Å². The average molecular weight is 373 g/mol. The molecule has 0 atom stereocenters. The minimum atomic E-state index is -0.219. The zero-order valence-corrected chi connectivity index (χ0v) is 15.9. The molecule has 0 unspecified atom stereocenters. The fraction of sp³-hybridized carbons (Fsp3) is 0.500. The molecule has 3 aromatic rings. The highest BCUT2D eigenvalue weighted by Gasteiger charge is 2.18. The zero-order chi connectivity index (χ0) is 18.1. The summed E-state index contributed by atoms with van der Waals surface area (Å²) in [5.74, 6) is 1.78. The molecular formula is C18H23N5O2S. The first-order valence-electron chi connectivity index (χ1n) is 8.98. The molecule has 1 N–H and O–H groups in total. The number of hydrogen-bond acceptors (Lipinski definition) is 6. The summed E-state index contributed by atoms with van der Waals surface area (Å²) in [5.41, 5.74) is 0.784. The Labute approximate surface area is 156 Å². The molecule has 7 nitrogen and oxygen atoms in total. The first-order valence-corrected chi connectivity index (χ1v) is 9.79. The van der Waals surface area contributed by atoms with Gasteiger partial charge in [-0.3, -0.25) is 9.69 Å². The maximum absolute atomic E-state index is 12.3. The number of carbonyl (C=O) groups excluding carboxylic acids is 1. The van der Waals surface area contributed by atoms with Crippen molar-refractivity contribution in [2.45, 2.75) is 39.8 Å². The van der Waals surface area contributed by atoms with Crippen LogP contribution in [-0.4, -0.2) is 38.5 Å². The van der Waals surface area contributed by atoms with E-state index in [9.17, 15) is 4.79 Å². The van der Waals surface area contributed by atoms with E-state index in [1.165, 1.54) is 24.2 Å². The highest BCUT2D eigenvalue weighted by Crippen LogP contribution is 2.19. The predicted molar refractivity (Wildman–Crippen MR) is 99.2 cm³/mol. The minimum absolute atomic E-state index is 0.219. The number of piperidine rings is 1. The summed E-state index contributed by atoms with van der Waals surface area (Å²) in [4.78, 5) is 20.0. The van der Waals surface area contributed by atoms with E-state index in [1.54, 1.807) is 10.6 Å². The van der Waals surface area contributed by atoms with E-state index in [1.807, 2.05) is 19.2 Å². The number of furan rings is 1. The number of hydrogen-bond donors (Lipinski definition) is 1. The highest BCUT2D eigenvalue weighted by molar-refractivity contribution is 7.16. The molecule has 0 aromatic carbocycles. The van der Waals surface area contributed by atoms with Gasteiger partial charge in [0, 0.05) is 0 Å². The van der Waals surface area contributed by atoms with Crippen molar-refractivity contribution < 1.29 is 9.21 Å². The van der Waals surface area contributed by atoms with Crippen LogP contribution >= 0.6 is 11.3 Å². The largest absolute Gasteiger partial charge is 0.455 e. The van der Waals surface area contributed by atoms with Gasteiger partial charge in [0.2, 0.25) is 4.96 Å². The van der Waals surface area contributed by atoms with Gasteiger partial charge in [-0.05, 0) is 50.9 Å². The Balaban J connectivity index is 1.31. The zero-order valence-electron chi connectivity index (χ0n) is 15.1. The van der Waals surface area contributed by atoms with Crippen molar-refractivity contribution in [2.75, 3.05) is 13.1 Å². The summed E-state index contributed by atoms with van der Waals surface area (Å²) in [5, 5.41) is 8.14. The third-order valence-corrected chi connectivity index (χ3v) is 5.60. The fourth-order valence-electron chi connectivity index (χ4n) is 3.21. The number of rotatable bonds is 5. The third kappa shape index (κ3) is 3.81. The molecule has 1 saturated heterocycles. The molecule has 0 saturated carbocycles. The molecule has 26 heavy (non-hydrogen) atoms. The van der Waals surface area contributed by atoms with Crippen molar-refractivity contribution in [3.05, 3.63) is 40.6 Å². The van der Waals surface area contributed by atoms with Crippen molar-refractivity contribution in [3.63, 3.8) is 0 Å². The molecule has 4 heterocycles. The van der Waals surface area contributed by atoms with Gasteiger partial charge in [0.15, 0.2) is 5.76 Å². The molecule has 138 valence electrons. The smallest absolute Gasteiger partial charge is 0.287 e. The number of nitrogens with one attached hydrogen (secondary N) is 1. The van der Waals surface area contributed by atoms with E-state index in [-0.39, 0.29) is 5.91 Å². The standard InChI is InChI=1S/C18H23N5O2S/c1-12-5-7-22(8-6-12)11-15-3-4-16(25-15)17(24)19-9-14-10-23-18(20-14)26-13(2)21-23/h3-4,10,12H,5-9,11H2,1-2H3,(H,19,24). The Hall–Kier alpha value is -2.19. The van der Waals surface area contributed by atoms with Gasteiger partial charge in [-0.2, -0.15) is 5.10 Å². The van der Waals surface area contributed by atoms with Gasteiger partial charge in [0.05, 0.1) is 25.0 Å². The lowest BCUT2D eigenvalue weighted by Gasteiger charge is -2.29. The second-order valence-corrected chi connectivity index (χ2v) is 8.15. The maximum atomic E-state index is 12.3. The molecule has 1 fully saturated rings. The van der Waals surface area contributed by atoms with Crippen LogP contribution in [0.25, 0.3) is 4.96 Å². The molecule has 0 bridgehead atoms. The second kappa shape index (κ2) is 7.20. The van der Waals surface area contributed by atoms with E-state index in [0.29, 0.717) is 12.3 Å². The lowest BCUT2D eigenvalue weighted by molar-refractivity contribution is 0.0917. The Morgan fingerprint density at radius 1 is 1.38 bits per heavy atom. The number of fused-ring (bicyclic) bond motifs is 1. The van der Waals surface area contributed by atoms with E-state index in [2.05, 4.69) is 27.2 Å². The minimum Gasteiger partial charge on any atom is -0.455 e. The molecule has 1 amide bonds. The van der Waals surface area contributed by atoms with Crippen LogP contribution in [0.15, 0.2) is 22.7 Å². The van der Waals surface area contributed by atoms with Crippen molar-refractivity contribution >= 4 is 22.2 Å². The number of amides is 1. The summed E-state index contributed by atoms with van der Waals surface area (Å²) in [6.45, 7) is 7.55. The first-order chi connectivity index (χ1) is 12.6. The highest BCUT2D eigenvalue weighted by atomic mass is 32.1. The van der Waals surface area contributed by atoms with E-state index in [4.69, 9.17) is 4.42 Å². The summed E-state index contributed by atoms with van der Waals surface area (Å²) in [7, 11) is 0. The van der Waals surface area contributed by atoms with Crippen LogP contribution in [0.2, 0.25) is 0 Å². The predicted octanol–water partition coefficient (Wildman–Crippen LogP) is 2.85.